The molecule has 2 atom stereocenters. The first-order valence-corrected chi connectivity index (χ1v) is 10.1. The molecule has 1 aromatic rings. The third kappa shape index (κ3) is 4.28. The van der Waals surface area contributed by atoms with E-state index in [-0.39, 0.29) is 18.0 Å². The van der Waals surface area contributed by atoms with Gasteiger partial charge in [0.15, 0.2) is 5.13 Å². The topological polar surface area (TPSA) is 88.8 Å². The van der Waals surface area contributed by atoms with Crippen LogP contribution in [0.15, 0.2) is 0 Å². The SMILES string of the molecule is COC(=O)N1CC[C@H](CCCN(C(C)=O)[C@H]2CCc3nc(N)sc3C2)C1. The molecule has 2 amide bonds. The zero-order valence-corrected chi connectivity index (χ0v) is 16.4. The fourth-order valence-corrected chi connectivity index (χ4v) is 5.10. The van der Waals surface area contributed by atoms with Crippen LogP contribution in [0.1, 0.15) is 43.2 Å². The van der Waals surface area contributed by atoms with E-state index in [1.165, 1.54) is 12.0 Å². The largest absolute Gasteiger partial charge is 0.453 e. The van der Waals surface area contributed by atoms with Crippen molar-refractivity contribution in [1.82, 2.24) is 14.8 Å². The lowest BCUT2D eigenvalue weighted by Gasteiger charge is -2.33. The van der Waals surface area contributed by atoms with Gasteiger partial charge in [-0.3, -0.25) is 4.79 Å². The molecule has 0 unspecified atom stereocenters. The van der Waals surface area contributed by atoms with E-state index in [1.807, 2.05) is 4.90 Å². The second kappa shape index (κ2) is 8.24. The number of hydrogen-bond acceptors (Lipinski definition) is 6. The first-order valence-electron chi connectivity index (χ1n) is 9.32. The molecule has 3 rings (SSSR count). The molecule has 1 aliphatic heterocycles. The van der Waals surface area contributed by atoms with Crippen LogP contribution in [0.25, 0.3) is 0 Å². The van der Waals surface area contributed by atoms with Crippen molar-refractivity contribution in [1.29, 1.82) is 0 Å². The van der Waals surface area contributed by atoms with Crippen molar-refractivity contribution < 1.29 is 14.3 Å². The number of likely N-dealkylation sites (tertiary alicyclic amines) is 1. The monoisotopic (exact) mass is 380 g/mol. The summed E-state index contributed by atoms with van der Waals surface area (Å²) >= 11 is 1.55. The summed E-state index contributed by atoms with van der Waals surface area (Å²) in [5, 5.41) is 0.626. The van der Waals surface area contributed by atoms with Gasteiger partial charge in [0.05, 0.1) is 12.8 Å². The number of ether oxygens (including phenoxy) is 1. The van der Waals surface area contributed by atoms with Crippen molar-refractivity contribution in [3.05, 3.63) is 10.6 Å². The van der Waals surface area contributed by atoms with Crippen LogP contribution in [-0.4, -0.2) is 59.6 Å². The number of methoxy groups -OCH3 is 1. The first kappa shape index (κ1) is 18.9. The van der Waals surface area contributed by atoms with E-state index < -0.39 is 0 Å². The Morgan fingerprint density at radius 2 is 2.23 bits per heavy atom. The fraction of sp³-hybridized carbons (Fsp3) is 0.722. The number of carbonyl (C=O) groups excluding carboxylic acids is 2. The lowest BCUT2D eigenvalue weighted by Crippen LogP contribution is -2.42. The number of anilines is 1. The number of carbonyl (C=O) groups is 2. The van der Waals surface area contributed by atoms with Crippen LogP contribution in [-0.2, 0) is 22.4 Å². The zero-order valence-electron chi connectivity index (χ0n) is 15.6. The van der Waals surface area contributed by atoms with Crippen molar-refractivity contribution in [3.8, 4) is 0 Å². The van der Waals surface area contributed by atoms with E-state index >= 15 is 0 Å². The Bertz CT molecular complexity index is 663. The maximum absolute atomic E-state index is 12.2. The molecule has 0 bridgehead atoms. The van der Waals surface area contributed by atoms with Crippen molar-refractivity contribution in [2.45, 2.75) is 51.5 Å². The van der Waals surface area contributed by atoms with Gasteiger partial charge in [-0.2, -0.15) is 0 Å². The number of fused-ring (bicyclic) bond motifs is 1. The number of nitrogens with two attached hydrogens (primary N) is 1. The number of rotatable bonds is 5. The van der Waals surface area contributed by atoms with E-state index in [1.54, 1.807) is 23.2 Å². The highest BCUT2D eigenvalue weighted by Crippen LogP contribution is 2.30. The van der Waals surface area contributed by atoms with Gasteiger partial charge < -0.3 is 20.3 Å². The summed E-state index contributed by atoms with van der Waals surface area (Å²) in [5.74, 6) is 0.640. The summed E-state index contributed by atoms with van der Waals surface area (Å²) in [5.41, 5.74) is 6.93. The minimum atomic E-state index is -0.236. The molecular weight excluding hydrogens is 352 g/mol. The minimum absolute atomic E-state index is 0.138. The minimum Gasteiger partial charge on any atom is -0.453 e. The fourth-order valence-electron chi connectivity index (χ4n) is 4.15. The van der Waals surface area contributed by atoms with Crippen molar-refractivity contribution >= 4 is 28.5 Å². The molecule has 7 nitrogen and oxygen atoms in total. The van der Waals surface area contributed by atoms with Crippen LogP contribution in [0.5, 0.6) is 0 Å². The number of aromatic nitrogens is 1. The molecule has 2 heterocycles. The molecule has 1 fully saturated rings. The van der Waals surface area contributed by atoms with Gasteiger partial charge in [0.1, 0.15) is 0 Å². The van der Waals surface area contributed by atoms with Gasteiger partial charge >= 0.3 is 6.09 Å². The molecule has 8 heteroatoms. The van der Waals surface area contributed by atoms with Crippen molar-refractivity contribution in [3.63, 3.8) is 0 Å². The predicted molar refractivity (Wildman–Crippen MR) is 101 cm³/mol. The predicted octanol–water partition coefficient (Wildman–Crippen LogP) is 2.30. The Morgan fingerprint density at radius 3 is 2.96 bits per heavy atom. The number of aryl methyl sites for hydroxylation is 1. The van der Waals surface area contributed by atoms with Crippen LogP contribution in [0.4, 0.5) is 9.93 Å². The molecule has 144 valence electrons. The van der Waals surface area contributed by atoms with Crippen LogP contribution >= 0.6 is 11.3 Å². The van der Waals surface area contributed by atoms with E-state index in [9.17, 15) is 9.59 Å². The molecule has 0 radical (unpaired) electrons. The van der Waals surface area contributed by atoms with E-state index in [2.05, 4.69) is 4.98 Å². The third-order valence-electron chi connectivity index (χ3n) is 5.51. The van der Waals surface area contributed by atoms with Gasteiger partial charge in [0.2, 0.25) is 5.91 Å². The Labute approximate surface area is 158 Å². The lowest BCUT2D eigenvalue weighted by atomic mass is 9.95. The Kier molecular flexibility index (Phi) is 6.01. The first-order chi connectivity index (χ1) is 12.5. The van der Waals surface area contributed by atoms with Crippen LogP contribution in [0, 0.1) is 5.92 Å². The number of nitrogen functional groups attached to an aromatic ring is 1. The average Bonchev–Trinajstić information content (AvgIpc) is 3.22. The molecule has 1 aromatic heterocycles. The van der Waals surface area contributed by atoms with E-state index in [4.69, 9.17) is 10.5 Å². The Morgan fingerprint density at radius 1 is 1.42 bits per heavy atom. The van der Waals surface area contributed by atoms with Gasteiger partial charge in [-0.1, -0.05) is 0 Å². The number of hydrogen-bond donors (Lipinski definition) is 1. The van der Waals surface area contributed by atoms with Gasteiger partial charge in [0.25, 0.3) is 0 Å². The van der Waals surface area contributed by atoms with Crippen molar-refractivity contribution in [2.75, 3.05) is 32.5 Å². The highest BCUT2D eigenvalue weighted by atomic mass is 32.1. The molecule has 2 N–H and O–H groups in total. The molecule has 2 aliphatic rings. The summed E-state index contributed by atoms with van der Waals surface area (Å²) in [6.07, 6.45) is 5.49. The summed E-state index contributed by atoms with van der Waals surface area (Å²) in [6, 6.07) is 0.245. The molecule has 1 saturated heterocycles. The lowest BCUT2D eigenvalue weighted by molar-refractivity contribution is -0.131. The number of amides is 2. The summed E-state index contributed by atoms with van der Waals surface area (Å²) in [4.78, 5) is 33.2. The summed E-state index contributed by atoms with van der Waals surface area (Å²) < 4.78 is 4.79. The molecule has 1 aliphatic carbocycles. The highest BCUT2D eigenvalue weighted by molar-refractivity contribution is 7.15. The van der Waals surface area contributed by atoms with Gasteiger partial charge in [0, 0.05) is 43.9 Å². The van der Waals surface area contributed by atoms with E-state index in [0.29, 0.717) is 11.0 Å². The van der Waals surface area contributed by atoms with Crippen LogP contribution in [0.2, 0.25) is 0 Å². The molecule has 0 aromatic carbocycles. The third-order valence-corrected chi connectivity index (χ3v) is 6.45. The van der Waals surface area contributed by atoms with Crippen LogP contribution < -0.4 is 5.73 Å². The standard InChI is InChI=1S/C18H28N4O3S/c1-12(23)22(14-5-6-15-16(10-14)26-17(19)20-15)8-3-4-13-7-9-21(11-13)18(24)25-2/h13-14H,3-11H2,1-2H3,(H2,19,20)/t13-,14-/m0/s1. The maximum Gasteiger partial charge on any atom is 0.409 e. The summed E-state index contributed by atoms with van der Waals surface area (Å²) in [6.45, 7) is 3.97. The second-order valence-corrected chi connectivity index (χ2v) is 8.36. The van der Waals surface area contributed by atoms with Gasteiger partial charge in [-0.05, 0) is 38.0 Å². The Hall–Kier alpha value is -1.83. The maximum atomic E-state index is 12.2. The van der Waals surface area contributed by atoms with E-state index in [0.717, 1.165) is 63.9 Å². The summed E-state index contributed by atoms with van der Waals surface area (Å²) in [7, 11) is 1.42. The van der Waals surface area contributed by atoms with Gasteiger partial charge in [-0.15, -0.1) is 11.3 Å². The van der Waals surface area contributed by atoms with Gasteiger partial charge in [-0.25, -0.2) is 9.78 Å². The molecular formula is C18H28N4O3S. The molecule has 26 heavy (non-hydrogen) atoms. The molecule has 0 saturated carbocycles. The normalized spacial score (nSPS) is 22.2. The van der Waals surface area contributed by atoms with Crippen LogP contribution in [0.3, 0.4) is 0 Å². The smallest absolute Gasteiger partial charge is 0.409 e. The average molecular weight is 381 g/mol. The molecule has 0 spiro atoms. The quantitative estimate of drug-likeness (QED) is 0.847. The number of thiazole rings is 1. The Balaban J connectivity index is 1.49. The second-order valence-electron chi connectivity index (χ2n) is 7.24. The highest BCUT2D eigenvalue weighted by Gasteiger charge is 2.29. The van der Waals surface area contributed by atoms with Crippen molar-refractivity contribution in [2.24, 2.45) is 5.92 Å². The zero-order chi connectivity index (χ0) is 18.7. The number of nitrogens with zero attached hydrogens (tertiary/aromatic N) is 3.